The maximum Gasteiger partial charge on any atom is 0.125 e. The first kappa shape index (κ1) is 8.30. The zero-order chi connectivity index (χ0) is 9.60. The molecule has 1 saturated carbocycles. The molecular weight excluding hydrogens is 174 g/mol. The molecule has 14 heavy (non-hydrogen) atoms. The molecule has 0 spiro atoms. The largest absolute Gasteiger partial charge is 0.488 e. The maximum absolute atomic E-state index is 6.45. The lowest BCUT2D eigenvalue weighted by atomic mass is 9.77. The highest BCUT2D eigenvalue weighted by Gasteiger charge is 2.46. The van der Waals surface area contributed by atoms with Crippen LogP contribution in [0.5, 0.6) is 5.75 Å². The number of rotatable bonds is 0. The summed E-state index contributed by atoms with van der Waals surface area (Å²) in [5.41, 5.74) is 7.46. The van der Waals surface area contributed by atoms with Crippen LogP contribution in [0.1, 0.15) is 31.2 Å². The first-order valence-electron chi connectivity index (χ1n) is 5.36. The normalized spacial score (nSPS) is 34.5. The van der Waals surface area contributed by atoms with E-state index in [1.54, 1.807) is 0 Å². The summed E-state index contributed by atoms with van der Waals surface area (Å²) in [4.78, 5) is 0. The Hall–Kier alpha value is -1.02. The predicted molar refractivity (Wildman–Crippen MR) is 55.2 cm³/mol. The van der Waals surface area contributed by atoms with Gasteiger partial charge in [-0.2, -0.15) is 0 Å². The molecule has 2 aliphatic rings. The van der Waals surface area contributed by atoms with Crippen LogP contribution in [-0.2, 0) is 5.54 Å². The molecule has 1 aliphatic carbocycles. The molecule has 0 bridgehead atoms. The summed E-state index contributed by atoms with van der Waals surface area (Å²) < 4.78 is 5.89. The molecule has 0 aromatic heterocycles. The van der Waals surface area contributed by atoms with Gasteiger partial charge in [0.05, 0.1) is 5.54 Å². The molecule has 2 heteroatoms. The Morgan fingerprint density at radius 2 is 2.14 bits per heavy atom. The lowest BCUT2D eigenvalue weighted by Gasteiger charge is -2.34. The highest BCUT2D eigenvalue weighted by molar-refractivity contribution is 5.44. The zero-order valence-corrected chi connectivity index (χ0v) is 8.20. The molecule has 2 atom stereocenters. The summed E-state index contributed by atoms with van der Waals surface area (Å²) in [6.07, 6.45) is 4.86. The van der Waals surface area contributed by atoms with Gasteiger partial charge < -0.3 is 10.5 Å². The number of para-hydroxylation sites is 1. The molecule has 1 heterocycles. The minimum absolute atomic E-state index is 0.200. The van der Waals surface area contributed by atoms with Crippen LogP contribution in [0.3, 0.4) is 0 Å². The fourth-order valence-electron chi connectivity index (χ4n) is 2.75. The second-order valence-corrected chi connectivity index (χ2v) is 4.39. The van der Waals surface area contributed by atoms with Gasteiger partial charge >= 0.3 is 0 Å². The predicted octanol–water partition coefficient (Wildman–Crippen LogP) is 2.18. The monoisotopic (exact) mass is 189 g/mol. The Morgan fingerprint density at radius 3 is 3.07 bits per heavy atom. The van der Waals surface area contributed by atoms with E-state index in [4.69, 9.17) is 10.5 Å². The quantitative estimate of drug-likeness (QED) is 0.679. The van der Waals surface area contributed by atoms with E-state index in [9.17, 15) is 0 Å². The van der Waals surface area contributed by atoms with Crippen LogP contribution in [-0.4, -0.2) is 6.10 Å². The van der Waals surface area contributed by atoms with Crippen LogP contribution < -0.4 is 10.5 Å². The van der Waals surface area contributed by atoms with Gasteiger partial charge in [0.15, 0.2) is 0 Å². The van der Waals surface area contributed by atoms with Crippen molar-refractivity contribution >= 4 is 0 Å². The molecule has 1 fully saturated rings. The molecule has 0 amide bonds. The van der Waals surface area contributed by atoms with Crippen molar-refractivity contribution in [2.45, 2.75) is 37.3 Å². The summed E-state index contributed by atoms with van der Waals surface area (Å²) in [6.45, 7) is 0. The second-order valence-electron chi connectivity index (χ2n) is 4.39. The fourth-order valence-corrected chi connectivity index (χ4v) is 2.75. The highest BCUT2D eigenvalue weighted by atomic mass is 16.5. The molecule has 0 radical (unpaired) electrons. The minimum Gasteiger partial charge on any atom is -0.488 e. The van der Waals surface area contributed by atoms with Gasteiger partial charge in [-0.05, 0) is 25.3 Å². The van der Waals surface area contributed by atoms with Crippen molar-refractivity contribution in [1.29, 1.82) is 0 Å². The van der Waals surface area contributed by atoms with Crippen molar-refractivity contribution in [2.24, 2.45) is 5.73 Å². The smallest absolute Gasteiger partial charge is 0.125 e. The van der Waals surface area contributed by atoms with Crippen LogP contribution in [0, 0.1) is 0 Å². The lowest BCUT2D eigenvalue weighted by molar-refractivity contribution is 0.103. The minimum atomic E-state index is -0.200. The fraction of sp³-hybridized carbons (Fsp3) is 0.500. The standard InChI is InChI=1S/C12H15NO/c13-12-8-4-3-7-11(12)14-10-6-2-1-5-9(10)12/h1-2,5-6,11H,3-4,7-8,13H2. The van der Waals surface area contributed by atoms with E-state index < -0.39 is 0 Å². The Kier molecular flexibility index (Phi) is 1.62. The van der Waals surface area contributed by atoms with Gasteiger partial charge in [-0.3, -0.25) is 0 Å². The van der Waals surface area contributed by atoms with E-state index in [1.165, 1.54) is 18.4 Å². The summed E-state index contributed by atoms with van der Waals surface area (Å²) in [5.74, 6) is 1.00. The molecule has 0 saturated heterocycles. The Labute approximate surface area is 84.1 Å². The van der Waals surface area contributed by atoms with Crippen molar-refractivity contribution < 1.29 is 4.74 Å². The van der Waals surface area contributed by atoms with E-state index in [0.717, 1.165) is 18.6 Å². The molecule has 74 valence electrons. The van der Waals surface area contributed by atoms with Crippen molar-refractivity contribution in [3.8, 4) is 5.75 Å². The van der Waals surface area contributed by atoms with E-state index in [0.29, 0.717) is 0 Å². The van der Waals surface area contributed by atoms with E-state index in [-0.39, 0.29) is 11.6 Å². The second kappa shape index (κ2) is 2.74. The zero-order valence-electron chi connectivity index (χ0n) is 8.20. The molecule has 1 aliphatic heterocycles. The Morgan fingerprint density at radius 1 is 1.29 bits per heavy atom. The van der Waals surface area contributed by atoms with Gasteiger partial charge in [-0.25, -0.2) is 0 Å². The van der Waals surface area contributed by atoms with Crippen molar-refractivity contribution in [3.63, 3.8) is 0 Å². The topological polar surface area (TPSA) is 35.2 Å². The van der Waals surface area contributed by atoms with Crippen molar-refractivity contribution in [2.75, 3.05) is 0 Å². The van der Waals surface area contributed by atoms with Gasteiger partial charge in [0.1, 0.15) is 11.9 Å². The number of benzene rings is 1. The molecule has 1 aromatic carbocycles. The number of nitrogens with two attached hydrogens (primary N) is 1. The van der Waals surface area contributed by atoms with Crippen molar-refractivity contribution in [1.82, 2.24) is 0 Å². The van der Waals surface area contributed by atoms with Gasteiger partial charge in [-0.15, -0.1) is 0 Å². The Balaban J connectivity index is 2.10. The molecule has 2 unspecified atom stereocenters. The SMILES string of the molecule is NC12CCCCC1Oc1ccccc12. The molecular formula is C12H15NO. The maximum atomic E-state index is 6.45. The summed E-state index contributed by atoms with van der Waals surface area (Å²) in [6, 6.07) is 8.20. The van der Waals surface area contributed by atoms with Gasteiger partial charge in [0.2, 0.25) is 0 Å². The van der Waals surface area contributed by atoms with E-state index >= 15 is 0 Å². The molecule has 2 nitrogen and oxygen atoms in total. The summed E-state index contributed by atoms with van der Waals surface area (Å²) in [7, 11) is 0. The lowest BCUT2D eigenvalue weighted by Crippen LogP contribution is -2.48. The molecule has 3 rings (SSSR count). The van der Waals surface area contributed by atoms with Crippen LogP contribution in [0.15, 0.2) is 24.3 Å². The first-order valence-corrected chi connectivity index (χ1v) is 5.36. The number of hydrogen-bond acceptors (Lipinski definition) is 2. The van der Waals surface area contributed by atoms with Crippen LogP contribution in [0.2, 0.25) is 0 Å². The summed E-state index contributed by atoms with van der Waals surface area (Å²) in [5, 5.41) is 0. The number of hydrogen-bond donors (Lipinski definition) is 1. The third-order valence-corrected chi connectivity index (χ3v) is 3.54. The summed E-state index contributed by atoms with van der Waals surface area (Å²) >= 11 is 0. The van der Waals surface area contributed by atoms with Crippen molar-refractivity contribution in [3.05, 3.63) is 29.8 Å². The van der Waals surface area contributed by atoms with Crippen LogP contribution in [0.25, 0.3) is 0 Å². The van der Waals surface area contributed by atoms with Crippen LogP contribution in [0.4, 0.5) is 0 Å². The molecule has 1 aromatic rings. The van der Waals surface area contributed by atoms with E-state index in [1.807, 2.05) is 18.2 Å². The van der Waals surface area contributed by atoms with Crippen LogP contribution >= 0.6 is 0 Å². The molecule has 2 N–H and O–H groups in total. The average molecular weight is 189 g/mol. The Bertz CT molecular complexity index is 363. The third-order valence-electron chi connectivity index (χ3n) is 3.54. The number of ether oxygens (including phenoxy) is 1. The average Bonchev–Trinajstić information content (AvgIpc) is 2.51. The highest BCUT2D eigenvalue weighted by Crippen LogP contribution is 2.46. The third kappa shape index (κ3) is 0.947. The first-order chi connectivity index (χ1) is 6.81. The van der Waals surface area contributed by atoms with E-state index in [2.05, 4.69) is 6.07 Å². The van der Waals surface area contributed by atoms with Gasteiger partial charge in [0.25, 0.3) is 0 Å². The van der Waals surface area contributed by atoms with Gasteiger partial charge in [0, 0.05) is 5.56 Å². The van der Waals surface area contributed by atoms with Gasteiger partial charge in [-0.1, -0.05) is 24.6 Å². The number of fused-ring (bicyclic) bond motifs is 3.